The second-order valence-electron chi connectivity index (χ2n) is 7.98. The molecule has 0 saturated heterocycles. The minimum atomic E-state index is -0.362. The predicted octanol–water partition coefficient (Wildman–Crippen LogP) is 4.24. The summed E-state index contributed by atoms with van der Waals surface area (Å²) < 4.78 is 5.92. The number of anilines is 2. The lowest BCUT2D eigenvalue weighted by atomic mass is 9.72. The van der Waals surface area contributed by atoms with Crippen LogP contribution in [-0.4, -0.2) is 34.4 Å². The minimum absolute atomic E-state index is 0.171. The van der Waals surface area contributed by atoms with Crippen LogP contribution in [0.2, 0.25) is 0 Å². The number of esters is 1. The SMILES string of the molecule is CCOC(=O)c1c(NC(=O)CSc2nnc(N)s2)sc2c1CC[C@@H](C(C)(C)C)C2. The van der Waals surface area contributed by atoms with E-state index in [4.69, 9.17) is 10.5 Å². The number of aromatic nitrogens is 2. The number of thioether (sulfide) groups is 1. The van der Waals surface area contributed by atoms with Crippen molar-refractivity contribution in [2.45, 2.75) is 51.3 Å². The molecule has 3 N–H and O–H groups in total. The summed E-state index contributed by atoms with van der Waals surface area (Å²) >= 11 is 4.02. The fourth-order valence-corrected chi connectivity index (χ4v) is 6.17. The van der Waals surface area contributed by atoms with Crippen molar-refractivity contribution in [2.75, 3.05) is 23.4 Å². The molecule has 0 aromatic carbocycles. The van der Waals surface area contributed by atoms with Crippen molar-refractivity contribution in [1.29, 1.82) is 0 Å². The van der Waals surface area contributed by atoms with Gasteiger partial charge in [0, 0.05) is 4.88 Å². The highest BCUT2D eigenvalue weighted by Crippen LogP contribution is 2.44. The third-order valence-electron chi connectivity index (χ3n) is 4.97. The molecule has 7 nitrogen and oxygen atoms in total. The number of hydrogen-bond donors (Lipinski definition) is 2. The van der Waals surface area contributed by atoms with Crippen LogP contribution >= 0.6 is 34.4 Å². The maximum absolute atomic E-state index is 12.6. The van der Waals surface area contributed by atoms with Gasteiger partial charge in [0.05, 0.1) is 17.9 Å². The largest absolute Gasteiger partial charge is 0.462 e. The number of carbonyl (C=O) groups is 2. The Hall–Kier alpha value is -1.65. The van der Waals surface area contributed by atoms with E-state index in [1.54, 1.807) is 6.92 Å². The average molecular weight is 455 g/mol. The van der Waals surface area contributed by atoms with E-state index in [9.17, 15) is 9.59 Å². The molecule has 10 heteroatoms. The summed E-state index contributed by atoms with van der Waals surface area (Å²) in [5.74, 6) is 0.161. The number of nitrogen functional groups attached to an aromatic ring is 1. The van der Waals surface area contributed by atoms with Crippen LogP contribution in [0.3, 0.4) is 0 Å². The summed E-state index contributed by atoms with van der Waals surface area (Å²) in [6, 6.07) is 0. The van der Waals surface area contributed by atoms with Crippen molar-refractivity contribution in [2.24, 2.45) is 11.3 Å². The van der Waals surface area contributed by atoms with Crippen molar-refractivity contribution in [1.82, 2.24) is 10.2 Å². The monoisotopic (exact) mass is 454 g/mol. The van der Waals surface area contributed by atoms with E-state index in [1.165, 1.54) is 39.3 Å². The molecule has 1 atom stereocenters. The number of thiophene rings is 1. The molecule has 0 spiro atoms. The standard InChI is InChI=1S/C19H26N4O3S3/c1-5-26-16(25)14-11-7-6-10(19(2,3)4)8-12(11)28-15(14)21-13(24)9-27-18-23-22-17(20)29-18/h10H,5-9H2,1-4H3,(H2,20,22)(H,21,24)/t10-/m1/s1. The summed E-state index contributed by atoms with van der Waals surface area (Å²) in [6.07, 6.45) is 2.78. The molecule has 2 heterocycles. The molecule has 1 amide bonds. The fourth-order valence-electron chi connectivity index (χ4n) is 3.40. The van der Waals surface area contributed by atoms with Crippen LogP contribution in [-0.2, 0) is 22.4 Å². The molecule has 0 bridgehead atoms. The van der Waals surface area contributed by atoms with Crippen molar-refractivity contribution >= 4 is 56.4 Å². The van der Waals surface area contributed by atoms with E-state index in [0.717, 1.165) is 24.8 Å². The summed E-state index contributed by atoms with van der Waals surface area (Å²) in [5.41, 5.74) is 7.33. The number of nitrogens with zero attached hydrogens (tertiary/aromatic N) is 2. The number of amides is 1. The van der Waals surface area contributed by atoms with Crippen LogP contribution in [0.5, 0.6) is 0 Å². The Morgan fingerprint density at radius 3 is 2.69 bits per heavy atom. The molecule has 0 aliphatic heterocycles. The Morgan fingerprint density at radius 1 is 1.31 bits per heavy atom. The third-order valence-corrected chi connectivity index (χ3v) is 8.03. The first-order valence-electron chi connectivity index (χ1n) is 9.52. The second kappa shape index (κ2) is 9.01. The van der Waals surface area contributed by atoms with E-state index in [0.29, 0.717) is 32.6 Å². The van der Waals surface area contributed by atoms with E-state index >= 15 is 0 Å². The minimum Gasteiger partial charge on any atom is -0.462 e. The molecular formula is C19H26N4O3S3. The van der Waals surface area contributed by atoms with E-state index < -0.39 is 0 Å². The van der Waals surface area contributed by atoms with Crippen molar-refractivity contribution in [3.8, 4) is 0 Å². The smallest absolute Gasteiger partial charge is 0.341 e. The van der Waals surface area contributed by atoms with Crippen LogP contribution in [0, 0.1) is 11.3 Å². The zero-order chi connectivity index (χ0) is 21.2. The van der Waals surface area contributed by atoms with Crippen LogP contribution in [0.25, 0.3) is 0 Å². The molecule has 0 radical (unpaired) electrons. The fraction of sp³-hybridized carbons (Fsp3) is 0.579. The van der Waals surface area contributed by atoms with Gasteiger partial charge in [0.15, 0.2) is 4.34 Å². The number of ether oxygens (including phenoxy) is 1. The Kier molecular flexibility index (Phi) is 6.85. The number of hydrogen-bond acceptors (Lipinski definition) is 9. The first kappa shape index (κ1) is 22.0. The molecule has 1 aliphatic carbocycles. The van der Waals surface area contributed by atoms with Crippen molar-refractivity contribution < 1.29 is 14.3 Å². The van der Waals surface area contributed by atoms with Gasteiger partial charge >= 0.3 is 5.97 Å². The maximum atomic E-state index is 12.6. The quantitative estimate of drug-likeness (QED) is 0.496. The van der Waals surface area contributed by atoms with Gasteiger partial charge in [-0.05, 0) is 43.1 Å². The normalized spacial score (nSPS) is 16.3. The summed E-state index contributed by atoms with van der Waals surface area (Å²) in [6.45, 7) is 8.85. The number of carbonyl (C=O) groups excluding carboxylic acids is 2. The third kappa shape index (κ3) is 5.29. The molecule has 0 fully saturated rings. The first-order valence-corrected chi connectivity index (χ1v) is 12.1. The zero-order valence-corrected chi connectivity index (χ0v) is 19.5. The Bertz CT molecular complexity index is 901. The molecule has 0 unspecified atom stereocenters. The molecule has 0 saturated carbocycles. The number of nitrogens with two attached hydrogens (primary N) is 1. The van der Waals surface area contributed by atoms with Crippen LogP contribution in [0.4, 0.5) is 10.1 Å². The number of fused-ring (bicyclic) bond motifs is 1. The molecular weight excluding hydrogens is 428 g/mol. The first-order chi connectivity index (χ1) is 13.7. The number of rotatable bonds is 6. The summed E-state index contributed by atoms with van der Waals surface area (Å²) in [7, 11) is 0. The van der Waals surface area contributed by atoms with Crippen molar-refractivity contribution in [3.63, 3.8) is 0 Å². The summed E-state index contributed by atoms with van der Waals surface area (Å²) in [4.78, 5) is 26.3. The Balaban J connectivity index is 1.78. The van der Waals surface area contributed by atoms with Gasteiger partial charge in [0.1, 0.15) is 5.00 Å². The highest BCUT2D eigenvalue weighted by molar-refractivity contribution is 8.01. The molecule has 2 aromatic rings. The highest BCUT2D eigenvalue weighted by Gasteiger charge is 2.34. The topological polar surface area (TPSA) is 107 Å². The predicted molar refractivity (Wildman–Crippen MR) is 119 cm³/mol. The van der Waals surface area contributed by atoms with Crippen LogP contribution in [0.15, 0.2) is 4.34 Å². The average Bonchev–Trinajstić information content (AvgIpc) is 3.21. The van der Waals surface area contributed by atoms with Crippen LogP contribution in [0.1, 0.15) is 54.9 Å². The zero-order valence-electron chi connectivity index (χ0n) is 17.0. The van der Waals surface area contributed by atoms with Gasteiger partial charge in [0.25, 0.3) is 0 Å². The van der Waals surface area contributed by atoms with Gasteiger partial charge in [0.2, 0.25) is 11.0 Å². The summed E-state index contributed by atoms with van der Waals surface area (Å²) in [5, 5.41) is 11.5. The molecule has 2 aromatic heterocycles. The number of nitrogens with one attached hydrogen (secondary N) is 1. The lowest BCUT2D eigenvalue weighted by Gasteiger charge is -2.33. The molecule has 29 heavy (non-hydrogen) atoms. The van der Waals surface area contributed by atoms with Gasteiger partial charge in [-0.1, -0.05) is 43.9 Å². The van der Waals surface area contributed by atoms with Gasteiger partial charge in [-0.3, -0.25) is 4.79 Å². The van der Waals surface area contributed by atoms with Gasteiger partial charge in [-0.25, -0.2) is 4.79 Å². The van der Waals surface area contributed by atoms with Gasteiger partial charge in [-0.2, -0.15) is 0 Å². The molecule has 1 aliphatic rings. The Labute approximate surface area is 182 Å². The van der Waals surface area contributed by atoms with E-state index in [1.807, 2.05) is 0 Å². The lowest BCUT2D eigenvalue weighted by Crippen LogP contribution is -2.26. The maximum Gasteiger partial charge on any atom is 0.341 e. The highest BCUT2D eigenvalue weighted by atomic mass is 32.2. The molecule has 158 valence electrons. The van der Waals surface area contributed by atoms with E-state index in [2.05, 4.69) is 36.3 Å². The van der Waals surface area contributed by atoms with Crippen LogP contribution < -0.4 is 11.1 Å². The van der Waals surface area contributed by atoms with E-state index in [-0.39, 0.29) is 23.0 Å². The van der Waals surface area contributed by atoms with Gasteiger partial charge in [-0.15, -0.1) is 21.5 Å². The lowest BCUT2D eigenvalue weighted by molar-refractivity contribution is -0.113. The Morgan fingerprint density at radius 2 is 2.07 bits per heavy atom. The van der Waals surface area contributed by atoms with Crippen molar-refractivity contribution in [3.05, 3.63) is 16.0 Å². The second-order valence-corrected chi connectivity index (χ2v) is 11.3. The van der Waals surface area contributed by atoms with Gasteiger partial charge < -0.3 is 15.8 Å². The molecule has 3 rings (SSSR count).